The fourth-order valence-electron chi connectivity index (χ4n) is 2.46. The average Bonchev–Trinajstić information content (AvgIpc) is 2.91. The van der Waals surface area contributed by atoms with E-state index >= 15 is 0 Å². The summed E-state index contributed by atoms with van der Waals surface area (Å²) >= 11 is 2.89. The summed E-state index contributed by atoms with van der Waals surface area (Å²) in [7, 11) is 0. The van der Waals surface area contributed by atoms with Gasteiger partial charge in [0, 0.05) is 10.3 Å². The Hall–Kier alpha value is -2.26. The molecule has 1 N–H and O–H groups in total. The molecule has 0 aliphatic carbocycles. The number of rotatable bonds is 6. The molecule has 27 heavy (non-hydrogen) atoms. The monoisotopic (exact) mass is 409 g/mol. The van der Waals surface area contributed by atoms with Gasteiger partial charge in [0.05, 0.1) is 10.9 Å². The van der Waals surface area contributed by atoms with E-state index in [0.29, 0.717) is 0 Å². The first-order valence-electron chi connectivity index (χ1n) is 8.09. The van der Waals surface area contributed by atoms with E-state index in [4.69, 9.17) is 0 Å². The number of nitrogens with one attached hydrogen (secondary N) is 1. The second-order valence-corrected chi connectivity index (χ2v) is 8.30. The van der Waals surface area contributed by atoms with Crippen molar-refractivity contribution in [1.29, 1.82) is 0 Å². The molecular weight excluding hydrogens is 392 g/mol. The highest BCUT2D eigenvalue weighted by Crippen LogP contribution is 2.36. The van der Waals surface area contributed by atoms with Gasteiger partial charge in [-0.1, -0.05) is 23.9 Å². The molecule has 9 heteroatoms. The summed E-state index contributed by atoms with van der Waals surface area (Å²) in [4.78, 5) is 23.2. The Bertz CT molecular complexity index is 978. The van der Waals surface area contributed by atoms with Gasteiger partial charge in [-0.3, -0.25) is 4.79 Å². The van der Waals surface area contributed by atoms with Crippen LogP contribution in [0.4, 0.5) is 14.5 Å². The fourth-order valence-corrected chi connectivity index (χ4v) is 4.50. The minimum atomic E-state index is -2.96. The molecule has 0 fully saturated rings. The van der Waals surface area contributed by atoms with Gasteiger partial charge in [-0.2, -0.15) is 8.78 Å². The molecule has 2 aromatic heterocycles. The Morgan fingerprint density at radius 3 is 2.74 bits per heavy atom. The first-order chi connectivity index (χ1) is 12.9. The van der Waals surface area contributed by atoms with E-state index in [9.17, 15) is 13.6 Å². The van der Waals surface area contributed by atoms with Crippen LogP contribution in [0.25, 0.3) is 10.2 Å². The van der Waals surface area contributed by atoms with E-state index in [-0.39, 0.29) is 17.3 Å². The SMILES string of the molecule is Cc1sc2ncnc(S[C@H](C)C(=O)Nc3ccccc3OC(F)F)c2c1C. The molecule has 0 radical (unpaired) electrons. The Balaban J connectivity index is 1.78. The number of carbonyl (C=O) groups is 1. The number of hydrogen-bond donors (Lipinski definition) is 1. The number of thiophene rings is 1. The highest BCUT2D eigenvalue weighted by atomic mass is 32.2. The van der Waals surface area contributed by atoms with Gasteiger partial charge < -0.3 is 10.1 Å². The normalized spacial score (nSPS) is 12.4. The maximum Gasteiger partial charge on any atom is 0.387 e. The molecule has 5 nitrogen and oxygen atoms in total. The van der Waals surface area contributed by atoms with Crippen LogP contribution < -0.4 is 10.1 Å². The molecule has 0 aliphatic rings. The van der Waals surface area contributed by atoms with E-state index in [1.54, 1.807) is 30.4 Å². The summed E-state index contributed by atoms with van der Waals surface area (Å²) in [5.41, 5.74) is 1.30. The second-order valence-electron chi connectivity index (χ2n) is 5.77. The van der Waals surface area contributed by atoms with Crippen LogP contribution in [0.15, 0.2) is 35.6 Å². The maximum absolute atomic E-state index is 12.6. The summed E-state index contributed by atoms with van der Waals surface area (Å²) in [6, 6.07) is 6.09. The zero-order chi connectivity index (χ0) is 19.6. The number of para-hydroxylation sites is 2. The fraction of sp³-hybridized carbons (Fsp3) is 0.278. The zero-order valence-corrected chi connectivity index (χ0v) is 16.5. The van der Waals surface area contributed by atoms with E-state index in [1.165, 1.54) is 30.2 Å². The number of amides is 1. The number of carbonyl (C=O) groups excluding carboxylic acids is 1. The van der Waals surface area contributed by atoms with Gasteiger partial charge in [0.1, 0.15) is 21.9 Å². The molecule has 0 saturated heterocycles. The first-order valence-corrected chi connectivity index (χ1v) is 9.78. The predicted molar refractivity (Wildman–Crippen MR) is 104 cm³/mol. The van der Waals surface area contributed by atoms with Gasteiger partial charge >= 0.3 is 6.61 Å². The van der Waals surface area contributed by atoms with Crippen molar-refractivity contribution >= 4 is 44.9 Å². The van der Waals surface area contributed by atoms with Crippen LogP contribution in [0.3, 0.4) is 0 Å². The zero-order valence-electron chi connectivity index (χ0n) is 14.8. The Morgan fingerprint density at radius 1 is 1.26 bits per heavy atom. The van der Waals surface area contributed by atoms with Crippen molar-refractivity contribution < 1.29 is 18.3 Å². The molecule has 0 unspecified atom stereocenters. The molecular formula is C18H17F2N3O2S2. The van der Waals surface area contributed by atoms with Crippen LogP contribution in [0, 0.1) is 13.8 Å². The van der Waals surface area contributed by atoms with Gasteiger partial charge in [0.25, 0.3) is 0 Å². The van der Waals surface area contributed by atoms with Gasteiger partial charge in [-0.15, -0.1) is 11.3 Å². The van der Waals surface area contributed by atoms with E-state index in [2.05, 4.69) is 20.0 Å². The topological polar surface area (TPSA) is 64.1 Å². The number of ether oxygens (including phenoxy) is 1. The summed E-state index contributed by atoms with van der Waals surface area (Å²) in [6.45, 7) is 2.80. The van der Waals surface area contributed by atoms with Crippen LogP contribution >= 0.6 is 23.1 Å². The maximum atomic E-state index is 12.6. The summed E-state index contributed by atoms with van der Waals surface area (Å²) in [6.07, 6.45) is 1.48. The highest BCUT2D eigenvalue weighted by Gasteiger charge is 2.21. The van der Waals surface area contributed by atoms with Crippen LogP contribution in [-0.2, 0) is 4.79 Å². The molecule has 0 bridgehead atoms. The summed E-state index contributed by atoms with van der Waals surface area (Å²) < 4.78 is 29.5. The van der Waals surface area contributed by atoms with E-state index in [0.717, 1.165) is 25.7 Å². The van der Waals surface area contributed by atoms with E-state index in [1.807, 2.05) is 13.8 Å². The lowest BCUT2D eigenvalue weighted by Gasteiger charge is -2.15. The third-order valence-corrected chi connectivity index (χ3v) is 6.16. The standard InChI is InChI=1S/C18H17F2N3O2S2/c1-9-10(2)26-16-14(9)17(22-8-21-16)27-11(3)15(24)23-12-6-4-5-7-13(12)25-18(19)20/h4-8,11,18H,1-3H3,(H,23,24)/t11-/m1/s1. The Kier molecular flexibility index (Phi) is 5.91. The van der Waals surface area contributed by atoms with Gasteiger partial charge in [0.15, 0.2) is 0 Å². The predicted octanol–water partition coefficient (Wildman–Crippen LogP) is 5.03. The average molecular weight is 409 g/mol. The quantitative estimate of drug-likeness (QED) is 0.457. The van der Waals surface area contributed by atoms with Crippen molar-refractivity contribution in [3.63, 3.8) is 0 Å². The third-order valence-electron chi connectivity index (χ3n) is 3.95. The van der Waals surface area contributed by atoms with E-state index < -0.39 is 11.9 Å². The van der Waals surface area contributed by atoms with Crippen molar-refractivity contribution in [1.82, 2.24) is 9.97 Å². The number of halogens is 2. The second kappa shape index (κ2) is 8.18. The van der Waals surface area contributed by atoms with Crippen molar-refractivity contribution in [3.8, 4) is 5.75 Å². The van der Waals surface area contributed by atoms with Crippen molar-refractivity contribution in [3.05, 3.63) is 41.0 Å². The molecule has 1 aromatic carbocycles. The molecule has 2 heterocycles. The molecule has 1 atom stereocenters. The highest BCUT2D eigenvalue weighted by molar-refractivity contribution is 8.00. The van der Waals surface area contributed by atoms with Gasteiger partial charge in [0.2, 0.25) is 5.91 Å². The number of benzene rings is 1. The third kappa shape index (κ3) is 4.36. The van der Waals surface area contributed by atoms with Crippen molar-refractivity contribution in [2.75, 3.05) is 5.32 Å². The van der Waals surface area contributed by atoms with Crippen LogP contribution in [-0.4, -0.2) is 27.7 Å². The number of anilines is 1. The number of nitrogens with zero attached hydrogens (tertiary/aromatic N) is 2. The number of hydrogen-bond acceptors (Lipinski definition) is 6. The summed E-state index contributed by atoms with van der Waals surface area (Å²) in [5, 5.41) is 3.82. The van der Waals surface area contributed by atoms with Gasteiger partial charge in [-0.05, 0) is 38.5 Å². The number of fused-ring (bicyclic) bond motifs is 1. The number of aromatic nitrogens is 2. The lowest BCUT2D eigenvalue weighted by atomic mass is 10.2. The smallest absolute Gasteiger partial charge is 0.387 e. The largest absolute Gasteiger partial charge is 0.433 e. The van der Waals surface area contributed by atoms with Crippen LogP contribution in [0.1, 0.15) is 17.4 Å². The Morgan fingerprint density at radius 2 is 2.00 bits per heavy atom. The minimum absolute atomic E-state index is 0.0771. The number of aryl methyl sites for hydroxylation is 2. The van der Waals surface area contributed by atoms with Crippen molar-refractivity contribution in [2.45, 2.75) is 37.7 Å². The molecule has 1 amide bonds. The van der Waals surface area contributed by atoms with Crippen LogP contribution in [0.5, 0.6) is 5.75 Å². The number of thioether (sulfide) groups is 1. The molecule has 142 valence electrons. The van der Waals surface area contributed by atoms with Crippen molar-refractivity contribution in [2.24, 2.45) is 0 Å². The van der Waals surface area contributed by atoms with Crippen LogP contribution in [0.2, 0.25) is 0 Å². The lowest BCUT2D eigenvalue weighted by Crippen LogP contribution is -2.23. The molecule has 3 aromatic rings. The number of alkyl halides is 2. The molecule has 3 rings (SSSR count). The lowest BCUT2D eigenvalue weighted by molar-refractivity contribution is -0.115. The summed E-state index contributed by atoms with van der Waals surface area (Å²) in [5.74, 6) is -0.409. The molecule has 0 aliphatic heterocycles. The van der Waals surface area contributed by atoms with Gasteiger partial charge in [-0.25, -0.2) is 9.97 Å². The Labute approximate surface area is 163 Å². The first kappa shape index (κ1) is 19.5. The molecule has 0 spiro atoms. The minimum Gasteiger partial charge on any atom is -0.433 e. The molecule has 0 saturated carbocycles.